The van der Waals surface area contributed by atoms with Gasteiger partial charge >= 0.3 is 0 Å². The van der Waals surface area contributed by atoms with Crippen LogP contribution in [-0.2, 0) is 0 Å². The fourth-order valence-corrected chi connectivity index (χ4v) is 3.78. The van der Waals surface area contributed by atoms with Crippen molar-refractivity contribution in [2.24, 2.45) is 0 Å². The molecule has 0 saturated carbocycles. The minimum absolute atomic E-state index is 0.0713. The first kappa shape index (κ1) is 15.0. The molecule has 0 atom stereocenters. The maximum Gasteiger partial charge on any atom is 0.255 e. The maximum absolute atomic E-state index is 12.6. The van der Waals surface area contributed by atoms with Gasteiger partial charge in [-0.3, -0.25) is 4.79 Å². The highest BCUT2D eigenvalue weighted by molar-refractivity contribution is 9.11. The maximum atomic E-state index is 12.6. The van der Waals surface area contributed by atoms with Crippen molar-refractivity contribution in [3.63, 3.8) is 0 Å². The van der Waals surface area contributed by atoms with Gasteiger partial charge in [0, 0.05) is 46.7 Å². The molecule has 0 spiro atoms. The van der Waals surface area contributed by atoms with Crippen molar-refractivity contribution in [1.82, 2.24) is 9.88 Å². The highest BCUT2D eigenvalue weighted by atomic mass is 79.9. The fourth-order valence-electron chi connectivity index (χ4n) is 2.30. The van der Waals surface area contributed by atoms with Crippen molar-refractivity contribution in [3.8, 4) is 0 Å². The Labute approximate surface area is 144 Å². The molecule has 1 aliphatic rings. The SMILES string of the molecule is O=C(c1cc(Br)ccc1Br)N1CCN(c2nccs2)CC1. The Bertz CT molecular complexity index is 640. The van der Waals surface area contributed by atoms with Crippen LogP contribution in [0.25, 0.3) is 0 Å². The molecule has 0 bridgehead atoms. The normalized spacial score (nSPS) is 15.3. The smallest absolute Gasteiger partial charge is 0.255 e. The van der Waals surface area contributed by atoms with Gasteiger partial charge in [0.05, 0.1) is 5.56 Å². The summed E-state index contributed by atoms with van der Waals surface area (Å²) in [6.45, 7) is 3.09. The molecule has 1 amide bonds. The lowest BCUT2D eigenvalue weighted by Crippen LogP contribution is -2.48. The molecule has 1 fully saturated rings. The first-order valence-electron chi connectivity index (χ1n) is 6.54. The molecule has 0 N–H and O–H groups in total. The number of benzene rings is 1. The van der Waals surface area contributed by atoms with Crippen molar-refractivity contribution in [3.05, 3.63) is 44.3 Å². The van der Waals surface area contributed by atoms with Crippen LogP contribution in [0.15, 0.2) is 38.7 Å². The lowest BCUT2D eigenvalue weighted by Gasteiger charge is -2.34. The number of halogens is 2. The minimum atomic E-state index is 0.0713. The quantitative estimate of drug-likeness (QED) is 0.729. The Kier molecular flexibility index (Phi) is 4.61. The van der Waals surface area contributed by atoms with Gasteiger partial charge in [-0.05, 0) is 34.1 Å². The topological polar surface area (TPSA) is 36.4 Å². The van der Waals surface area contributed by atoms with E-state index < -0.39 is 0 Å². The van der Waals surface area contributed by atoms with Crippen molar-refractivity contribution in [2.45, 2.75) is 0 Å². The summed E-state index contributed by atoms with van der Waals surface area (Å²) in [5, 5.41) is 3.01. The second-order valence-corrected chi connectivity index (χ2v) is 7.36. The molecule has 110 valence electrons. The Morgan fingerprint density at radius 2 is 1.95 bits per heavy atom. The number of amides is 1. The number of thiazole rings is 1. The molecule has 0 unspecified atom stereocenters. The largest absolute Gasteiger partial charge is 0.345 e. The molecule has 4 nitrogen and oxygen atoms in total. The van der Waals surface area contributed by atoms with Crippen LogP contribution in [0.4, 0.5) is 5.13 Å². The number of aromatic nitrogens is 1. The van der Waals surface area contributed by atoms with Crippen molar-refractivity contribution in [2.75, 3.05) is 31.1 Å². The fraction of sp³-hybridized carbons (Fsp3) is 0.286. The highest BCUT2D eigenvalue weighted by Gasteiger charge is 2.24. The van der Waals surface area contributed by atoms with E-state index in [1.165, 1.54) is 0 Å². The molecule has 0 radical (unpaired) electrons. The molecule has 1 aromatic heterocycles. The lowest BCUT2D eigenvalue weighted by molar-refractivity contribution is 0.0746. The molecule has 21 heavy (non-hydrogen) atoms. The van der Waals surface area contributed by atoms with Crippen LogP contribution in [0, 0.1) is 0 Å². The van der Waals surface area contributed by atoms with Crippen molar-refractivity contribution < 1.29 is 4.79 Å². The zero-order valence-corrected chi connectivity index (χ0v) is 15.1. The van der Waals surface area contributed by atoms with Crippen LogP contribution >= 0.6 is 43.2 Å². The van der Waals surface area contributed by atoms with Crippen LogP contribution in [0.1, 0.15) is 10.4 Å². The van der Waals surface area contributed by atoms with Gasteiger partial charge in [-0.2, -0.15) is 0 Å². The van der Waals surface area contributed by atoms with E-state index in [1.54, 1.807) is 11.3 Å². The van der Waals surface area contributed by atoms with E-state index in [-0.39, 0.29) is 5.91 Å². The molecule has 1 aromatic carbocycles. The first-order valence-corrected chi connectivity index (χ1v) is 9.00. The molecular weight excluding hydrogens is 418 g/mol. The van der Waals surface area contributed by atoms with Crippen LogP contribution in [0.5, 0.6) is 0 Å². The molecule has 2 heterocycles. The Balaban J connectivity index is 1.69. The van der Waals surface area contributed by atoms with Gasteiger partial charge in [-0.15, -0.1) is 11.3 Å². The van der Waals surface area contributed by atoms with Gasteiger partial charge in [0.25, 0.3) is 5.91 Å². The summed E-state index contributed by atoms with van der Waals surface area (Å²) in [6, 6.07) is 5.67. The van der Waals surface area contributed by atoms with Gasteiger partial charge in [-0.25, -0.2) is 4.98 Å². The number of piperazine rings is 1. The molecule has 0 aliphatic carbocycles. The second-order valence-electron chi connectivity index (χ2n) is 4.72. The summed E-state index contributed by atoms with van der Waals surface area (Å²) in [5.41, 5.74) is 0.701. The molecule has 1 aliphatic heterocycles. The number of carbonyl (C=O) groups is 1. The summed E-state index contributed by atoms with van der Waals surface area (Å²) >= 11 is 8.51. The van der Waals surface area contributed by atoms with E-state index in [0.29, 0.717) is 5.56 Å². The van der Waals surface area contributed by atoms with E-state index in [2.05, 4.69) is 41.7 Å². The molecule has 1 saturated heterocycles. The van der Waals surface area contributed by atoms with E-state index in [0.717, 1.165) is 40.3 Å². The summed E-state index contributed by atoms with van der Waals surface area (Å²) in [6.07, 6.45) is 1.82. The van der Waals surface area contributed by atoms with Crippen molar-refractivity contribution >= 4 is 54.2 Å². The number of hydrogen-bond acceptors (Lipinski definition) is 4. The van der Waals surface area contributed by atoms with Gasteiger partial charge in [-0.1, -0.05) is 15.9 Å². The van der Waals surface area contributed by atoms with Gasteiger partial charge in [0.2, 0.25) is 0 Å². The number of carbonyl (C=O) groups excluding carboxylic acids is 1. The van der Waals surface area contributed by atoms with Crippen LogP contribution < -0.4 is 4.90 Å². The van der Waals surface area contributed by atoms with E-state index in [4.69, 9.17) is 0 Å². The molecule has 7 heteroatoms. The average molecular weight is 431 g/mol. The zero-order chi connectivity index (χ0) is 14.8. The summed E-state index contributed by atoms with van der Waals surface area (Å²) in [4.78, 5) is 21.1. The third kappa shape index (κ3) is 3.30. The monoisotopic (exact) mass is 429 g/mol. The third-order valence-corrected chi connectivity index (χ3v) is 5.43. The third-order valence-electron chi connectivity index (χ3n) is 3.42. The minimum Gasteiger partial charge on any atom is -0.345 e. The summed E-state index contributed by atoms with van der Waals surface area (Å²) in [7, 11) is 0. The highest BCUT2D eigenvalue weighted by Crippen LogP contribution is 2.24. The number of anilines is 1. The predicted molar refractivity (Wildman–Crippen MR) is 92.1 cm³/mol. The number of hydrogen-bond donors (Lipinski definition) is 0. The van der Waals surface area contributed by atoms with E-state index >= 15 is 0 Å². The average Bonchev–Trinajstić information content (AvgIpc) is 3.03. The predicted octanol–water partition coefficient (Wildman–Crippen LogP) is 3.63. The van der Waals surface area contributed by atoms with Gasteiger partial charge < -0.3 is 9.80 Å². The summed E-state index contributed by atoms with van der Waals surface area (Å²) < 4.78 is 1.74. The Hall–Kier alpha value is -0.920. The lowest BCUT2D eigenvalue weighted by atomic mass is 10.2. The van der Waals surface area contributed by atoms with Gasteiger partial charge in [0.1, 0.15) is 0 Å². The first-order chi connectivity index (χ1) is 10.1. The number of nitrogens with zero attached hydrogens (tertiary/aromatic N) is 3. The van der Waals surface area contributed by atoms with Crippen LogP contribution in [0.2, 0.25) is 0 Å². The van der Waals surface area contributed by atoms with E-state index in [9.17, 15) is 4.79 Å². The molecule has 2 aromatic rings. The standard InChI is InChI=1S/C14H13Br2N3OS/c15-10-1-2-12(16)11(9-10)13(20)18-4-6-19(7-5-18)14-17-3-8-21-14/h1-3,8-9H,4-7H2. The zero-order valence-electron chi connectivity index (χ0n) is 11.1. The Morgan fingerprint density at radius 3 is 2.62 bits per heavy atom. The molecule has 3 rings (SSSR count). The van der Waals surface area contributed by atoms with E-state index in [1.807, 2.05) is 34.7 Å². The van der Waals surface area contributed by atoms with Crippen LogP contribution in [0.3, 0.4) is 0 Å². The Morgan fingerprint density at radius 1 is 1.19 bits per heavy atom. The second kappa shape index (κ2) is 6.46. The van der Waals surface area contributed by atoms with Crippen LogP contribution in [-0.4, -0.2) is 42.0 Å². The van der Waals surface area contributed by atoms with Crippen molar-refractivity contribution in [1.29, 1.82) is 0 Å². The molecular formula is C14H13Br2N3OS. The number of rotatable bonds is 2. The van der Waals surface area contributed by atoms with Gasteiger partial charge in [0.15, 0.2) is 5.13 Å². The summed E-state index contributed by atoms with van der Waals surface area (Å²) in [5.74, 6) is 0.0713.